The lowest BCUT2D eigenvalue weighted by atomic mass is 9.83. The van der Waals surface area contributed by atoms with Crippen molar-refractivity contribution in [3.05, 3.63) is 83.4 Å². The molecule has 0 spiro atoms. The van der Waals surface area contributed by atoms with Gasteiger partial charge in [-0.25, -0.2) is 4.98 Å². The number of rotatable bonds is 9. The SMILES string of the molecule is COc1ccc(C[C@@H](NC(=O)CCc2c[nH]cn2)C(=O)N2CC(O)(c3ccccc3C)C2)cc1. The molecule has 0 radical (unpaired) electrons. The number of aliphatic hydroxyl groups is 1. The van der Waals surface area contributed by atoms with Crippen molar-refractivity contribution in [2.24, 2.45) is 0 Å². The lowest BCUT2D eigenvalue weighted by Gasteiger charge is -2.48. The Morgan fingerprint density at radius 1 is 1.21 bits per heavy atom. The number of carbonyl (C=O) groups excluding carboxylic acids is 2. The molecule has 4 rings (SSSR count). The number of β-amino-alcohol motifs (C(OH)–C–C–N with tert-alkyl or cyclic N) is 1. The first kappa shape index (κ1) is 23.5. The molecule has 0 saturated carbocycles. The molecule has 0 aliphatic carbocycles. The van der Waals surface area contributed by atoms with Gasteiger partial charge in [0.15, 0.2) is 0 Å². The number of imidazole rings is 1. The zero-order valence-corrected chi connectivity index (χ0v) is 19.5. The Morgan fingerprint density at radius 2 is 1.94 bits per heavy atom. The van der Waals surface area contributed by atoms with E-state index in [-0.39, 0.29) is 31.3 Å². The van der Waals surface area contributed by atoms with Crippen LogP contribution in [-0.2, 0) is 28.0 Å². The Bertz CT molecular complexity index is 1120. The minimum atomic E-state index is -1.07. The number of hydrogen-bond acceptors (Lipinski definition) is 5. The van der Waals surface area contributed by atoms with Crippen molar-refractivity contribution >= 4 is 11.8 Å². The Labute approximate surface area is 199 Å². The minimum absolute atomic E-state index is 0.193. The van der Waals surface area contributed by atoms with Gasteiger partial charge in [0.25, 0.3) is 0 Å². The summed E-state index contributed by atoms with van der Waals surface area (Å²) in [7, 11) is 1.60. The van der Waals surface area contributed by atoms with Crippen molar-refractivity contribution in [1.29, 1.82) is 0 Å². The van der Waals surface area contributed by atoms with Crippen LogP contribution in [0.3, 0.4) is 0 Å². The normalized spacial score (nSPS) is 15.3. The zero-order valence-electron chi connectivity index (χ0n) is 19.5. The van der Waals surface area contributed by atoms with Crippen LogP contribution in [0.5, 0.6) is 5.75 Å². The van der Waals surface area contributed by atoms with Gasteiger partial charge in [-0.1, -0.05) is 36.4 Å². The number of nitrogens with zero attached hydrogens (tertiary/aromatic N) is 2. The van der Waals surface area contributed by atoms with E-state index in [1.807, 2.05) is 55.5 Å². The fourth-order valence-corrected chi connectivity index (χ4v) is 4.36. The monoisotopic (exact) mass is 462 g/mol. The number of aromatic nitrogens is 2. The van der Waals surface area contributed by atoms with Crippen molar-refractivity contribution in [2.75, 3.05) is 20.2 Å². The van der Waals surface area contributed by atoms with Gasteiger partial charge in [-0.05, 0) is 42.2 Å². The molecule has 1 saturated heterocycles. The van der Waals surface area contributed by atoms with Gasteiger partial charge in [0.2, 0.25) is 11.8 Å². The highest BCUT2D eigenvalue weighted by molar-refractivity contribution is 5.88. The average Bonchev–Trinajstić information content (AvgIpc) is 3.34. The van der Waals surface area contributed by atoms with Crippen LogP contribution < -0.4 is 10.1 Å². The third-order valence-corrected chi connectivity index (χ3v) is 6.26. The van der Waals surface area contributed by atoms with Crippen LogP contribution in [0.4, 0.5) is 0 Å². The Balaban J connectivity index is 1.44. The van der Waals surface area contributed by atoms with Gasteiger partial charge in [0.05, 0.1) is 32.2 Å². The average molecular weight is 463 g/mol. The number of H-pyrrole nitrogens is 1. The molecule has 1 aliphatic rings. The van der Waals surface area contributed by atoms with Crippen LogP contribution >= 0.6 is 0 Å². The highest BCUT2D eigenvalue weighted by Crippen LogP contribution is 2.34. The molecule has 0 bridgehead atoms. The lowest BCUT2D eigenvalue weighted by Crippen LogP contribution is -2.65. The second kappa shape index (κ2) is 10.1. The number of carbonyl (C=O) groups is 2. The van der Waals surface area contributed by atoms with Crippen molar-refractivity contribution in [3.8, 4) is 5.75 Å². The van der Waals surface area contributed by atoms with Crippen LogP contribution in [-0.4, -0.2) is 58.0 Å². The summed E-state index contributed by atoms with van der Waals surface area (Å²) in [5, 5.41) is 14.0. The van der Waals surface area contributed by atoms with Crippen molar-refractivity contribution in [1.82, 2.24) is 20.2 Å². The van der Waals surface area contributed by atoms with Crippen LogP contribution in [0.2, 0.25) is 0 Å². The summed E-state index contributed by atoms with van der Waals surface area (Å²) >= 11 is 0. The third-order valence-electron chi connectivity index (χ3n) is 6.26. The first-order valence-corrected chi connectivity index (χ1v) is 11.4. The summed E-state index contributed by atoms with van der Waals surface area (Å²) in [6.45, 7) is 2.34. The Hall–Kier alpha value is -3.65. The molecule has 8 nitrogen and oxygen atoms in total. The van der Waals surface area contributed by atoms with E-state index in [1.165, 1.54) is 0 Å². The van der Waals surface area contributed by atoms with Crippen LogP contribution in [0.1, 0.15) is 28.8 Å². The number of nitrogens with one attached hydrogen (secondary N) is 2. The van der Waals surface area contributed by atoms with Gasteiger partial charge >= 0.3 is 0 Å². The summed E-state index contributed by atoms with van der Waals surface area (Å²) < 4.78 is 5.21. The molecule has 1 fully saturated rings. The molecule has 1 aliphatic heterocycles. The molecule has 3 aromatic rings. The molecular weight excluding hydrogens is 432 g/mol. The largest absolute Gasteiger partial charge is 0.497 e. The molecule has 178 valence electrons. The number of methoxy groups -OCH3 is 1. The maximum atomic E-state index is 13.4. The van der Waals surface area contributed by atoms with E-state index in [0.717, 1.165) is 28.1 Å². The first-order valence-electron chi connectivity index (χ1n) is 11.4. The number of benzene rings is 2. The number of aryl methyl sites for hydroxylation is 2. The number of hydrogen-bond donors (Lipinski definition) is 3. The second-order valence-electron chi connectivity index (χ2n) is 8.77. The minimum Gasteiger partial charge on any atom is -0.497 e. The zero-order chi connectivity index (χ0) is 24.1. The van der Waals surface area contributed by atoms with Crippen molar-refractivity contribution in [2.45, 2.75) is 37.8 Å². The summed E-state index contributed by atoms with van der Waals surface area (Å²) in [6.07, 6.45) is 4.37. The van der Waals surface area contributed by atoms with E-state index in [1.54, 1.807) is 24.5 Å². The highest BCUT2D eigenvalue weighted by Gasteiger charge is 2.47. The van der Waals surface area contributed by atoms with Crippen LogP contribution in [0, 0.1) is 6.92 Å². The van der Waals surface area contributed by atoms with Crippen LogP contribution in [0.15, 0.2) is 61.1 Å². The predicted molar refractivity (Wildman–Crippen MR) is 127 cm³/mol. The summed E-state index contributed by atoms with van der Waals surface area (Å²) in [4.78, 5) is 34.7. The number of amides is 2. The summed E-state index contributed by atoms with van der Waals surface area (Å²) in [6, 6.07) is 14.3. The lowest BCUT2D eigenvalue weighted by molar-refractivity contribution is -0.160. The molecule has 8 heteroatoms. The van der Waals surface area contributed by atoms with E-state index in [2.05, 4.69) is 15.3 Å². The molecule has 0 unspecified atom stereocenters. The standard InChI is InChI=1S/C26H30N4O4/c1-18-5-3-4-6-22(18)26(33)15-30(16-26)25(32)23(13-19-7-10-21(34-2)11-8-19)29-24(31)12-9-20-14-27-17-28-20/h3-8,10-11,14,17,23,33H,9,12-13,15-16H2,1-2H3,(H,27,28)(H,29,31)/t23-/m1/s1. The van der Waals surface area contributed by atoms with E-state index in [0.29, 0.717) is 12.8 Å². The van der Waals surface area contributed by atoms with Crippen molar-refractivity contribution in [3.63, 3.8) is 0 Å². The van der Waals surface area contributed by atoms with Gasteiger partial charge in [-0.3, -0.25) is 9.59 Å². The van der Waals surface area contributed by atoms with Gasteiger partial charge in [0, 0.05) is 19.0 Å². The molecule has 2 aromatic carbocycles. The van der Waals surface area contributed by atoms with Crippen LogP contribution in [0.25, 0.3) is 0 Å². The Morgan fingerprint density at radius 3 is 2.59 bits per heavy atom. The number of likely N-dealkylation sites (tertiary alicyclic amines) is 1. The second-order valence-corrected chi connectivity index (χ2v) is 8.77. The maximum absolute atomic E-state index is 13.4. The third kappa shape index (κ3) is 5.28. The van der Waals surface area contributed by atoms with Crippen molar-refractivity contribution < 1.29 is 19.4 Å². The van der Waals surface area contributed by atoms with E-state index < -0.39 is 11.6 Å². The van der Waals surface area contributed by atoms with E-state index >= 15 is 0 Å². The summed E-state index contributed by atoms with van der Waals surface area (Å²) in [5.41, 5.74) is 2.43. The van der Waals surface area contributed by atoms with Gasteiger partial charge in [-0.2, -0.15) is 0 Å². The number of ether oxygens (including phenoxy) is 1. The topological polar surface area (TPSA) is 108 Å². The Kier molecular flexibility index (Phi) is 6.98. The quantitative estimate of drug-likeness (QED) is 0.452. The summed E-state index contributed by atoms with van der Waals surface area (Å²) in [5.74, 6) is 0.299. The first-order chi connectivity index (χ1) is 16.4. The molecule has 3 N–H and O–H groups in total. The van der Waals surface area contributed by atoms with Gasteiger partial charge in [0.1, 0.15) is 17.4 Å². The molecule has 34 heavy (non-hydrogen) atoms. The molecule has 2 amide bonds. The number of aromatic amines is 1. The predicted octanol–water partition coefficient (Wildman–Crippen LogP) is 2.12. The molecule has 2 heterocycles. The fourth-order valence-electron chi connectivity index (χ4n) is 4.36. The molecule has 1 atom stereocenters. The van der Waals surface area contributed by atoms with E-state index in [4.69, 9.17) is 4.74 Å². The highest BCUT2D eigenvalue weighted by atomic mass is 16.5. The smallest absolute Gasteiger partial charge is 0.245 e. The fraction of sp³-hybridized carbons (Fsp3) is 0.346. The van der Waals surface area contributed by atoms with Gasteiger partial charge in [-0.15, -0.1) is 0 Å². The molecular formula is C26H30N4O4. The maximum Gasteiger partial charge on any atom is 0.245 e. The molecule has 1 aromatic heterocycles. The van der Waals surface area contributed by atoms with E-state index in [9.17, 15) is 14.7 Å². The van der Waals surface area contributed by atoms with Gasteiger partial charge < -0.3 is 25.0 Å².